The van der Waals surface area contributed by atoms with E-state index in [4.69, 9.17) is 11.0 Å². The Bertz CT molecular complexity index is 279. The third-order valence-electron chi connectivity index (χ3n) is 1.43. The van der Waals surface area contributed by atoms with Crippen molar-refractivity contribution < 1.29 is 8.42 Å². The summed E-state index contributed by atoms with van der Waals surface area (Å²) in [4.78, 5) is 0. The summed E-state index contributed by atoms with van der Waals surface area (Å²) in [6, 6.07) is 1.35. The Balaban J connectivity index is 2.43. The van der Waals surface area contributed by atoms with Gasteiger partial charge in [0.2, 0.25) is 10.0 Å². The lowest BCUT2D eigenvalue weighted by Gasteiger charge is -1.99. The van der Waals surface area contributed by atoms with Crippen molar-refractivity contribution in [3.8, 4) is 6.07 Å². The molecule has 0 saturated heterocycles. The van der Waals surface area contributed by atoms with E-state index in [2.05, 4.69) is 4.72 Å². The van der Waals surface area contributed by atoms with Gasteiger partial charge in [-0.2, -0.15) is 5.26 Å². The molecule has 0 aromatic heterocycles. The molecule has 0 aromatic carbocycles. The predicted molar refractivity (Wildman–Crippen MR) is 38.9 cm³/mol. The summed E-state index contributed by atoms with van der Waals surface area (Å²) < 4.78 is 24.0. The van der Waals surface area contributed by atoms with Crippen LogP contribution in [0.15, 0.2) is 0 Å². The second-order valence-corrected chi connectivity index (χ2v) is 4.29. The van der Waals surface area contributed by atoms with Crippen LogP contribution in [-0.2, 0) is 10.0 Å². The fourth-order valence-electron chi connectivity index (χ4n) is 0.707. The second-order valence-electron chi connectivity index (χ2n) is 2.54. The number of nitrogens with one attached hydrogen (secondary N) is 1. The number of nitrogens with two attached hydrogens (primary N) is 1. The fourth-order valence-corrected chi connectivity index (χ4v) is 1.69. The molecule has 6 heteroatoms. The predicted octanol–water partition coefficient (Wildman–Crippen LogP) is -1.47. The van der Waals surface area contributed by atoms with Crippen LogP contribution in [0.5, 0.6) is 0 Å². The third-order valence-corrected chi connectivity index (χ3v) is 2.60. The van der Waals surface area contributed by atoms with Crippen molar-refractivity contribution in [2.45, 2.75) is 18.5 Å². The highest BCUT2D eigenvalue weighted by Crippen LogP contribution is 2.18. The van der Waals surface area contributed by atoms with Gasteiger partial charge in [-0.1, -0.05) is 0 Å². The Morgan fingerprint density at radius 3 is 2.64 bits per heavy atom. The molecule has 0 bridgehead atoms. The SMILES string of the molecule is N#CCS(=O)(=O)NC1CC1N. The summed E-state index contributed by atoms with van der Waals surface area (Å²) in [5.74, 6) is -0.490. The minimum absolute atomic E-state index is 0.0662. The van der Waals surface area contributed by atoms with Gasteiger partial charge in [-0.05, 0) is 6.42 Å². The van der Waals surface area contributed by atoms with Crippen LogP contribution in [0, 0.1) is 11.3 Å². The van der Waals surface area contributed by atoms with Gasteiger partial charge in [0.05, 0.1) is 6.07 Å². The number of hydrogen-bond donors (Lipinski definition) is 2. The molecule has 3 N–H and O–H groups in total. The Morgan fingerprint density at radius 1 is 1.73 bits per heavy atom. The Kier molecular flexibility index (Phi) is 2.13. The van der Waals surface area contributed by atoms with Gasteiger partial charge in [0.25, 0.3) is 0 Å². The van der Waals surface area contributed by atoms with E-state index in [9.17, 15) is 8.42 Å². The van der Waals surface area contributed by atoms with Crippen molar-refractivity contribution in [1.82, 2.24) is 4.72 Å². The van der Waals surface area contributed by atoms with Gasteiger partial charge >= 0.3 is 0 Å². The molecule has 0 aromatic rings. The maximum atomic E-state index is 10.8. The minimum atomic E-state index is -3.39. The minimum Gasteiger partial charge on any atom is -0.326 e. The molecule has 0 radical (unpaired) electrons. The second kappa shape index (κ2) is 2.77. The van der Waals surface area contributed by atoms with Crippen molar-refractivity contribution in [3.63, 3.8) is 0 Å². The maximum absolute atomic E-state index is 10.8. The van der Waals surface area contributed by atoms with Crippen LogP contribution >= 0.6 is 0 Å². The Morgan fingerprint density at radius 2 is 2.27 bits per heavy atom. The van der Waals surface area contributed by atoms with Gasteiger partial charge in [-0.15, -0.1) is 0 Å². The van der Waals surface area contributed by atoms with E-state index in [0.717, 1.165) is 0 Å². The topological polar surface area (TPSA) is 96.0 Å². The summed E-state index contributed by atoms with van der Waals surface area (Å²) in [5, 5.41) is 8.10. The lowest BCUT2D eigenvalue weighted by Crippen LogP contribution is -2.31. The third kappa shape index (κ3) is 2.46. The van der Waals surface area contributed by atoms with Crippen molar-refractivity contribution in [3.05, 3.63) is 0 Å². The first-order valence-corrected chi connectivity index (χ1v) is 4.83. The van der Waals surface area contributed by atoms with E-state index in [1.54, 1.807) is 6.07 Å². The van der Waals surface area contributed by atoms with Gasteiger partial charge in [-0.25, -0.2) is 13.1 Å². The number of nitrogens with zero attached hydrogens (tertiary/aromatic N) is 1. The number of rotatable bonds is 3. The molecular weight excluding hydrogens is 166 g/mol. The van der Waals surface area contributed by atoms with Gasteiger partial charge in [-0.3, -0.25) is 0 Å². The molecule has 0 heterocycles. The van der Waals surface area contributed by atoms with E-state index in [1.807, 2.05) is 0 Å². The Labute approximate surface area is 65.2 Å². The Hall–Kier alpha value is -0.640. The molecule has 5 nitrogen and oxygen atoms in total. The van der Waals surface area contributed by atoms with E-state index in [-0.39, 0.29) is 12.1 Å². The van der Waals surface area contributed by atoms with Crippen LogP contribution < -0.4 is 10.5 Å². The molecule has 0 spiro atoms. The summed E-state index contributed by atoms with van der Waals surface area (Å²) in [7, 11) is -3.39. The zero-order valence-corrected chi connectivity index (χ0v) is 6.63. The molecule has 0 amide bonds. The zero-order chi connectivity index (χ0) is 8.48. The number of sulfonamides is 1. The first kappa shape index (κ1) is 8.46. The quantitative estimate of drug-likeness (QED) is 0.547. The highest BCUT2D eigenvalue weighted by molar-refractivity contribution is 7.89. The average Bonchev–Trinajstić information content (AvgIpc) is 2.44. The van der Waals surface area contributed by atoms with Crippen LogP contribution in [0.4, 0.5) is 0 Å². The van der Waals surface area contributed by atoms with Crippen LogP contribution in [0.2, 0.25) is 0 Å². The van der Waals surface area contributed by atoms with Gasteiger partial charge in [0.15, 0.2) is 5.75 Å². The van der Waals surface area contributed by atoms with Crippen LogP contribution in [0.3, 0.4) is 0 Å². The summed E-state index contributed by atoms with van der Waals surface area (Å²) >= 11 is 0. The number of hydrogen-bond acceptors (Lipinski definition) is 4. The van der Waals surface area contributed by atoms with E-state index >= 15 is 0 Å². The van der Waals surface area contributed by atoms with Crippen LogP contribution in [0.1, 0.15) is 6.42 Å². The molecule has 2 atom stereocenters. The summed E-state index contributed by atoms with van der Waals surface area (Å²) in [6.07, 6.45) is 0.671. The van der Waals surface area contributed by atoms with Crippen molar-refractivity contribution in [2.75, 3.05) is 5.75 Å². The molecule has 62 valence electrons. The number of nitriles is 1. The van der Waals surface area contributed by atoms with Crippen molar-refractivity contribution in [1.29, 1.82) is 5.26 Å². The molecule has 0 aliphatic heterocycles. The van der Waals surface area contributed by atoms with Crippen molar-refractivity contribution in [2.24, 2.45) is 5.73 Å². The van der Waals surface area contributed by atoms with Gasteiger partial charge in [0, 0.05) is 12.1 Å². The van der Waals surface area contributed by atoms with Gasteiger partial charge in [0.1, 0.15) is 0 Å². The lowest BCUT2D eigenvalue weighted by molar-refractivity contribution is 0.583. The zero-order valence-electron chi connectivity index (χ0n) is 5.82. The first-order chi connectivity index (χ1) is 5.05. The van der Waals surface area contributed by atoms with E-state index in [1.165, 1.54) is 0 Å². The standard InChI is InChI=1S/C5H9N3O2S/c6-1-2-11(9,10)8-5-3-4(5)7/h4-5,8H,2-3,7H2. The van der Waals surface area contributed by atoms with E-state index in [0.29, 0.717) is 6.42 Å². The largest absolute Gasteiger partial charge is 0.326 e. The molecule has 1 aliphatic carbocycles. The molecule has 2 unspecified atom stereocenters. The molecule has 1 saturated carbocycles. The molecule has 11 heavy (non-hydrogen) atoms. The van der Waals surface area contributed by atoms with E-state index < -0.39 is 15.8 Å². The fraction of sp³-hybridized carbons (Fsp3) is 0.800. The van der Waals surface area contributed by atoms with Crippen LogP contribution in [-0.4, -0.2) is 26.3 Å². The van der Waals surface area contributed by atoms with Crippen LogP contribution in [0.25, 0.3) is 0 Å². The normalized spacial score (nSPS) is 29.5. The van der Waals surface area contributed by atoms with Crippen molar-refractivity contribution >= 4 is 10.0 Å². The summed E-state index contributed by atoms with van der Waals surface area (Å²) in [5.41, 5.74) is 5.36. The van der Waals surface area contributed by atoms with Gasteiger partial charge < -0.3 is 5.73 Å². The molecule has 1 rings (SSSR count). The first-order valence-electron chi connectivity index (χ1n) is 3.18. The average molecular weight is 175 g/mol. The molecule has 1 fully saturated rings. The monoisotopic (exact) mass is 175 g/mol. The smallest absolute Gasteiger partial charge is 0.225 e. The lowest BCUT2D eigenvalue weighted by atomic mass is 10.7. The maximum Gasteiger partial charge on any atom is 0.225 e. The molecular formula is C5H9N3O2S. The highest BCUT2D eigenvalue weighted by Gasteiger charge is 2.36. The molecule has 1 aliphatic rings. The summed E-state index contributed by atoms with van der Waals surface area (Å²) in [6.45, 7) is 0. The highest BCUT2D eigenvalue weighted by atomic mass is 32.2.